The van der Waals surface area contributed by atoms with Crippen molar-refractivity contribution < 1.29 is 14.3 Å². The highest BCUT2D eigenvalue weighted by Gasteiger charge is 2.34. The molecule has 0 spiro atoms. The van der Waals surface area contributed by atoms with E-state index in [0.717, 1.165) is 32.1 Å². The van der Waals surface area contributed by atoms with Gasteiger partial charge in [0.05, 0.1) is 12.0 Å². The average molecular weight is 254 g/mol. The van der Waals surface area contributed by atoms with Gasteiger partial charge in [-0.05, 0) is 32.1 Å². The second-order valence-electron chi connectivity index (χ2n) is 5.87. The van der Waals surface area contributed by atoms with Crippen molar-refractivity contribution in [2.75, 3.05) is 7.11 Å². The standard InChI is InChI=1S/C15H26O3/c1-11-13(17-2)9-6-10-14(11)18-15(16)12-7-4-3-5-8-12/h11-14H,3-10H2,1-2H3. The first-order chi connectivity index (χ1) is 8.72. The third-order valence-electron chi connectivity index (χ3n) is 4.66. The summed E-state index contributed by atoms with van der Waals surface area (Å²) in [4.78, 5) is 12.1. The molecule has 0 aromatic rings. The first-order valence-corrected chi connectivity index (χ1v) is 7.45. The minimum absolute atomic E-state index is 0.0447. The van der Waals surface area contributed by atoms with Crippen molar-refractivity contribution in [3.8, 4) is 0 Å². The Balaban J connectivity index is 1.85. The van der Waals surface area contributed by atoms with Gasteiger partial charge in [-0.15, -0.1) is 0 Å². The van der Waals surface area contributed by atoms with Crippen LogP contribution in [0.4, 0.5) is 0 Å². The molecule has 0 amide bonds. The van der Waals surface area contributed by atoms with Gasteiger partial charge in [0.15, 0.2) is 0 Å². The van der Waals surface area contributed by atoms with E-state index in [1.165, 1.54) is 19.3 Å². The number of hydrogen-bond acceptors (Lipinski definition) is 3. The molecule has 0 aromatic heterocycles. The number of carbonyl (C=O) groups excluding carboxylic acids is 1. The van der Waals surface area contributed by atoms with Crippen LogP contribution in [0.5, 0.6) is 0 Å². The average Bonchev–Trinajstić information content (AvgIpc) is 2.42. The highest BCUT2D eigenvalue weighted by Crippen LogP contribution is 2.31. The van der Waals surface area contributed by atoms with Crippen LogP contribution in [0.2, 0.25) is 0 Å². The van der Waals surface area contributed by atoms with Gasteiger partial charge in [0, 0.05) is 13.0 Å². The predicted molar refractivity (Wildman–Crippen MR) is 70.3 cm³/mol. The fraction of sp³-hybridized carbons (Fsp3) is 0.933. The first-order valence-electron chi connectivity index (χ1n) is 7.45. The van der Waals surface area contributed by atoms with E-state index in [1.54, 1.807) is 7.11 Å². The van der Waals surface area contributed by atoms with E-state index >= 15 is 0 Å². The van der Waals surface area contributed by atoms with Crippen LogP contribution in [0.3, 0.4) is 0 Å². The molecular weight excluding hydrogens is 228 g/mol. The quantitative estimate of drug-likeness (QED) is 0.725. The second kappa shape index (κ2) is 6.55. The Morgan fingerprint density at radius 1 is 0.944 bits per heavy atom. The minimum Gasteiger partial charge on any atom is -0.462 e. The first kappa shape index (κ1) is 13.9. The summed E-state index contributed by atoms with van der Waals surface area (Å²) in [6.07, 6.45) is 9.19. The zero-order chi connectivity index (χ0) is 13.0. The van der Waals surface area contributed by atoms with Crippen molar-refractivity contribution >= 4 is 5.97 Å². The van der Waals surface area contributed by atoms with Crippen molar-refractivity contribution in [3.05, 3.63) is 0 Å². The summed E-state index contributed by atoms with van der Waals surface area (Å²) in [6.45, 7) is 2.14. The molecule has 18 heavy (non-hydrogen) atoms. The van der Waals surface area contributed by atoms with E-state index in [9.17, 15) is 4.79 Å². The van der Waals surface area contributed by atoms with E-state index in [-0.39, 0.29) is 24.1 Å². The van der Waals surface area contributed by atoms with Gasteiger partial charge in [0.2, 0.25) is 0 Å². The van der Waals surface area contributed by atoms with Crippen molar-refractivity contribution in [1.82, 2.24) is 0 Å². The van der Waals surface area contributed by atoms with Gasteiger partial charge in [0.25, 0.3) is 0 Å². The molecule has 104 valence electrons. The molecule has 3 unspecified atom stereocenters. The number of ether oxygens (including phenoxy) is 2. The molecule has 0 N–H and O–H groups in total. The Morgan fingerprint density at radius 2 is 1.61 bits per heavy atom. The Morgan fingerprint density at radius 3 is 2.28 bits per heavy atom. The molecule has 2 aliphatic rings. The van der Waals surface area contributed by atoms with E-state index in [0.29, 0.717) is 5.92 Å². The summed E-state index contributed by atoms with van der Waals surface area (Å²) < 4.78 is 11.2. The fourth-order valence-electron chi connectivity index (χ4n) is 3.37. The Labute approximate surface area is 110 Å². The number of methoxy groups -OCH3 is 1. The molecule has 0 heterocycles. The summed E-state index contributed by atoms with van der Waals surface area (Å²) in [7, 11) is 1.76. The molecular formula is C15H26O3. The molecule has 2 aliphatic carbocycles. The lowest BCUT2D eigenvalue weighted by atomic mass is 9.84. The normalized spacial score (nSPS) is 34.2. The second-order valence-corrected chi connectivity index (χ2v) is 5.87. The Hall–Kier alpha value is -0.570. The largest absolute Gasteiger partial charge is 0.462 e. The van der Waals surface area contributed by atoms with Crippen LogP contribution in [0.1, 0.15) is 58.3 Å². The van der Waals surface area contributed by atoms with Crippen molar-refractivity contribution in [3.63, 3.8) is 0 Å². The Bertz CT molecular complexity index is 271. The molecule has 2 saturated carbocycles. The molecule has 0 radical (unpaired) electrons. The SMILES string of the molecule is COC1CCCC(OC(=O)C2CCCCC2)C1C. The highest BCUT2D eigenvalue weighted by molar-refractivity contribution is 5.72. The maximum atomic E-state index is 12.1. The smallest absolute Gasteiger partial charge is 0.309 e. The fourth-order valence-corrected chi connectivity index (χ4v) is 3.37. The van der Waals surface area contributed by atoms with Crippen LogP contribution in [0, 0.1) is 11.8 Å². The van der Waals surface area contributed by atoms with Crippen molar-refractivity contribution in [1.29, 1.82) is 0 Å². The molecule has 0 aromatic carbocycles. The molecule has 2 fully saturated rings. The van der Waals surface area contributed by atoms with Crippen LogP contribution in [-0.2, 0) is 14.3 Å². The summed E-state index contributed by atoms with van der Waals surface area (Å²) >= 11 is 0. The molecule has 3 heteroatoms. The van der Waals surface area contributed by atoms with Crippen LogP contribution in [-0.4, -0.2) is 25.3 Å². The van der Waals surface area contributed by atoms with Gasteiger partial charge in [0.1, 0.15) is 6.10 Å². The number of rotatable bonds is 3. The van der Waals surface area contributed by atoms with Gasteiger partial charge in [-0.1, -0.05) is 26.2 Å². The lowest BCUT2D eigenvalue weighted by molar-refractivity contribution is -0.163. The summed E-state index contributed by atoms with van der Waals surface area (Å²) in [6, 6.07) is 0. The number of carbonyl (C=O) groups is 1. The summed E-state index contributed by atoms with van der Waals surface area (Å²) in [5.41, 5.74) is 0. The van der Waals surface area contributed by atoms with Gasteiger partial charge in [-0.2, -0.15) is 0 Å². The van der Waals surface area contributed by atoms with Gasteiger partial charge in [-0.3, -0.25) is 4.79 Å². The number of esters is 1. The van der Waals surface area contributed by atoms with E-state index in [1.807, 2.05) is 0 Å². The topological polar surface area (TPSA) is 35.5 Å². The van der Waals surface area contributed by atoms with Crippen LogP contribution in [0.25, 0.3) is 0 Å². The van der Waals surface area contributed by atoms with Crippen molar-refractivity contribution in [2.45, 2.75) is 70.5 Å². The van der Waals surface area contributed by atoms with Gasteiger partial charge >= 0.3 is 5.97 Å². The monoisotopic (exact) mass is 254 g/mol. The molecule has 2 rings (SSSR count). The van der Waals surface area contributed by atoms with E-state index in [2.05, 4.69) is 6.92 Å². The van der Waals surface area contributed by atoms with Gasteiger partial charge < -0.3 is 9.47 Å². The minimum atomic E-state index is 0.0447. The third kappa shape index (κ3) is 3.25. The zero-order valence-electron chi connectivity index (χ0n) is 11.7. The van der Waals surface area contributed by atoms with E-state index in [4.69, 9.17) is 9.47 Å². The lowest BCUT2D eigenvalue weighted by Crippen LogP contribution is -2.39. The maximum Gasteiger partial charge on any atom is 0.309 e. The number of hydrogen-bond donors (Lipinski definition) is 0. The Kier molecular flexibility index (Phi) is 5.04. The molecule has 3 atom stereocenters. The predicted octanol–water partition coefficient (Wildman–Crippen LogP) is 3.31. The third-order valence-corrected chi connectivity index (χ3v) is 4.66. The molecule has 0 saturated heterocycles. The van der Waals surface area contributed by atoms with Crippen LogP contribution >= 0.6 is 0 Å². The molecule has 3 nitrogen and oxygen atoms in total. The summed E-state index contributed by atoms with van der Waals surface area (Å²) in [5, 5.41) is 0. The summed E-state index contributed by atoms with van der Waals surface area (Å²) in [5.74, 6) is 0.536. The lowest BCUT2D eigenvalue weighted by Gasteiger charge is -2.35. The molecule has 0 aliphatic heterocycles. The maximum absolute atomic E-state index is 12.1. The van der Waals surface area contributed by atoms with Gasteiger partial charge in [-0.25, -0.2) is 0 Å². The van der Waals surface area contributed by atoms with Crippen LogP contribution < -0.4 is 0 Å². The van der Waals surface area contributed by atoms with E-state index < -0.39 is 0 Å². The van der Waals surface area contributed by atoms with Crippen LogP contribution in [0.15, 0.2) is 0 Å². The highest BCUT2D eigenvalue weighted by atomic mass is 16.5. The van der Waals surface area contributed by atoms with Crippen molar-refractivity contribution in [2.24, 2.45) is 11.8 Å². The zero-order valence-corrected chi connectivity index (χ0v) is 11.7. The molecule has 0 bridgehead atoms.